The average molecular weight is 233 g/mol. The number of anilines is 1. The summed E-state index contributed by atoms with van der Waals surface area (Å²) in [5.74, 6) is -0.951. The van der Waals surface area contributed by atoms with Crippen LogP contribution in [0.5, 0.6) is 0 Å². The number of carboxylic acid groups (broad SMARTS) is 1. The molecule has 2 N–H and O–H groups in total. The molecule has 17 heavy (non-hydrogen) atoms. The highest BCUT2D eigenvalue weighted by Crippen LogP contribution is 2.24. The zero-order valence-electron chi connectivity index (χ0n) is 10.2. The zero-order valence-corrected chi connectivity index (χ0v) is 10.2. The van der Waals surface area contributed by atoms with Gasteiger partial charge in [-0.15, -0.1) is 0 Å². The van der Waals surface area contributed by atoms with E-state index in [4.69, 9.17) is 5.11 Å². The Bertz CT molecular complexity index is 415. The van der Waals surface area contributed by atoms with Crippen molar-refractivity contribution in [3.63, 3.8) is 0 Å². The molecule has 1 aromatic rings. The minimum atomic E-state index is -0.691. The van der Waals surface area contributed by atoms with E-state index >= 15 is 0 Å². The molecule has 1 aliphatic rings. The minimum Gasteiger partial charge on any atom is -0.481 e. The molecule has 0 bridgehead atoms. The molecule has 1 aliphatic heterocycles. The maximum absolute atomic E-state index is 11.0. The summed E-state index contributed by atoms with van der Waals surface area (Å²) in [6.07, 6.45) is 3.58. The van der Waals surface area contributed by atoms with Crippen molar-refractivity contribution in [2.45, 2.75) is 32.6 Å². The number of rotatable bonds is 4. The molecule has 1 unspecified atom stereocenters. The van der Waals surface area contributed by atoms with E-state index in [1.165, 1.54) is 11.3 Å². The predicted octanol–water partition coefficient (Wildman–Crippen LogP) is 2.70. The van der Waals surface area contributed by atoms with Crippen LogP contribution in [0.4, 0.5) is 5.69 Å². The molecule has 0 aromatic heterocycles. The van der Waals surface area contributed by atoms with E-state index in [0.29, 0.717) is 12.8 Å². The fourth-order valence-corrected chi connectivity index (χ4v) is 2.35. The number of hydrogen-bond acceptors (Lipinski definition) is 2. The van der Waals surface area contributed by atoms with Crippen molar-refractivity contribution in [3.05, 3.63) is 29.3 Å². The summed E-state index contributed by atoms with van der Waals surface area (Å²) in [5.41, 5.74) is 3.68. The van der Waals surface area contributed by atoms with Gasteiger partial charge in [-0.1, -0.05) is 19.1 Å². The third kappa shape index (κ3) is 2.78. The molecule has 1 atom stereocenters. The van der Waals surface area contributed by atoms with Crippen LogP contribution >= 0.6 is 0 Å². The van der Waals surface area contributed by atoms with Crippen molar-refractivity contribution in [3.8, 4) is 0 Å². The highest BCUT2D eigenvalue weighted by atomic mass is 16.4. The number of carbonyl (C=O) groups is 1. The molecule has 0 saturated heterocycles. The summed E-state index contributed by atoms with van der Waals surface area (Å²) >= 11 is 0. The van der Waals surface area contributed by atoms with E-state index in [1.54, 1.807) is 0 Å². The first kappa shape index (κ1) is 12.0. The van der Waals surface area contributed by atoms with Gasteiger partial charge < -0.3 is 10.4 Å². The monoisotopic (exact) mass is 233 g/mol. The molecule has 3 heteroatoms. The van der Waals surface area contributed by atoms with Crippen LogP contribution in [0.25, 0.3) is 0 Å². The van der Waals surface area contributed by atoms with Crippen LogP contribution in [-0.2, 0) is 17.6 Å². The van der Waals surface area contributed by atoms with E-state index in [9.17, 15) is 4.79 Å². The quantitative estimate of drug-likeness (QED) is 0.840. The van der Waals surface area contributed by atoms with Crippen molar-refractivity contribution < 1.29 is 9.90 Å². The lowest BCUT2D eigenvalue weighted by atomic mass is 9.93. The number of fused-ring (bicyclic) bond motifs is 1. The summed E-state index contributed by atoms with van der Waals surface area (Å²) in [4.78, 5) is 11.0. The first-order valence-corrected chi connectivity index (χ1v) is 6.29. The second-order valence-corrected chi connectivity index (χ2v) is 4.67. The van der Waals surface area contributed by atoms with Gasteiger partial charge in [-0.25, -0.2) is 0 Å². The van der Waals surface area contributed by atoms with Crippen LogP contribution in [0.3, 0.4) is 0 Å². The smallest absolute Gasteiger partial charge is 0.306 e. The summed E-state index contributed by atoms with van der Waals surface area (Å²) < 4.78 is 0. The van der Waals surface area contributed by atoms with Gasteiger partial charge in [0.15, 0.2) is 0 Å². The number of aliphatic carboxylic acids is 1. The van der Waals surface area contributed by atoms with E-state index in [2.05, 4.69) is 17.4 Å². The second kappa shape index (κ2) is 5.21. The van der Waals surface area contributed by atoms with Crippen LogP contribution < -0.4 is 5.32 Å². The predicted molar refractivity (Wildman–Crippen MR) is 68.4 cm³/mol. The Morgan fingerprint density at radius 3 is 3.06 bits per heavy atom. The molecule has 0 fully saturated rings. The zero-order chi connectivity index (χ0) is 12.3. The largest absolute Gasteiger partial charge is 0.481 e. The highest BCUT2D eigenvalue weighted by molar-refractivity contribution is 5.70. The SMILES string of the molecule is CCC(Cc1ccc2c(c1)CCCN2)C(=O)O. The van der Waals surface area contributed by atoms with Crippen LogP contribution in [-0.4, -0.2) is 17.6 Å². The molecule has 0 saturated carbocycles. The average Bonchev–Trinajstić information content (AvgIpc) is 2.35. The van der Waals surface area contributed by atoms with Crippen LogP contribution in [0.15, 0.2) is 18.2 Å². The second-order valence-electron chi connectivity index (χ2n) is 4.67. The van der Waals surface area contributed by atoms with Gasteiger partial charge in [0.25, 0.3) is 0 Å². The van der Waals surface area contributed by atoms with Gasteiger partial charge in [-0.3, -0.25) is 4.79 Å². The molecule has 3 nitrogen and oxygen atoms in total. The van der Waals surface area contributed by atoms with Crippen molar-refractivity contribution in [2.75, 3.05) is 11.9 Å². The Kier molecular flexibility index (Phi) is 3.67. The lowest BCUT2D eigenvalue weighted by Gasteiger charge is -2.19. The Balaban J connectivity index is 2.14. The number of aryl methyl sites for hydroxylation is 1. The lowest BCUT2D eigenvalue weighted by Crippen LogP contribution is -2.16. The molecule has 1 aromatic carbocycles. The van der Waals surface area contributed by atoms with E-state index in [1.807, 2.05) is 13.0 Å². The molecule has 0 radical (unpaired) electrons. The fourth-order valence-electron chi connectivity index (χ4n) is 2.35. The third-order valence-corrected chi connectivity index (χ3v) is 3.43. The van der Waals surface area contributed by atoms with Crippen molar-refractivity contribution in [2.24, 2.45) is 5.92 Å². The van der Waals surface area contributed by atoms with E-state index < -0.39 is 5.97 Å². The molecule has 0 spiro atoms. The minimum absolute atomic E-state index is 0.260. The fraction of sp³-hybridized carbons (Fsp3) is 0.500. The number of hydrogen-bond donors (Lipinski definition) is 2. The summed E-state index contributed by atoms with van der Waals surface area (Å²) in [6.45, 7) is 2.97. The molecule has 0 aliphatic carbocycles. The third-order valence-electron chi connectivity index (χ3n) is 3.43. The Hall–Kier alpha value is -1.51. The van der Waals surface area contributed by atoms with Gasteiger partial charge >= 0.3 is 5.97 Å². The van der Waals surface area contributed by atoms with Crippen LogP contribution in [0.2, 0.25) is 0 Å². The van der Waals surface area contributed by atoms with Crippen molar-refractivity contribution >= 4 is 11.7 Å². The van der Waals surface area contributed by atoms with Gasteiger partial charge in [-0.05, 0) is 42.9 Å². The van der Waals surface area contributed by atoms with Gasteiger partial charge in [0.05, 0.1) is 5.92 Å². The number of carboxylic acids is 1. The van der Waals surface area contributed by atoms with E-state index in [0.717, 1.165) is 24.9 Å². The maximum atomic E-state index is 11.0. The molecule has 2 rings (SSSR count). The summed E-state index contributed by atoms with van der Waals surface area (Å²) in [6, 6.07) is 6.29. The van der Waals surface area contributed by atoms with Gasteiger partial charge in [0.2, 0.25) is 0 Å². The molecule has 92 valence electrons. The summed E-state index contributed by atoms with van der Waals surface area (Å²) in [7, 11) is 0. The Labute approximate surface area is 102 Å². The molecule has 1 heterocycles. The Morgan fingerprint density at radius 1 is 1.53 bits per heavy atom. The van der Waals surface area contributed by atoms with Gasteiger partial charge in [0.1, 0.15) is 0 Å². The van der Waals surface area contributed by atoms with Crippen molar-refractivity contribution in [1.29, 1.82) is 0 Å². The van der Waals surface area contributed by atoms with Crippen molar-refractivity contribution in [1.82, 2.24) is 0 Å². The summed E-state index contributed by atoms with van der Waals surface area (Å²) in [5, 5.41) is 12.4. The normalized spacial score (nSPS) is 15.8. The number of benzene rings is 1. The number of nitrogens with one attached hydrogen (secondary N) is 1. The molecule has 0 amide bonds. The highest BCUT2D eigenvalue weighted by Gasteiger charge is 2.16. The standard InChI is InChI=1S/C14H19NO2/c1-2-11(14(16)17)8-10-5-6-13-12(9-10)4-3-7-15-13/h5-6,9,11,15H,2-4,7-8H2,1H3,(H,16,17). The molecular formula is C14H19NO2. The lowest BCUT2D eigenvalue weighted by molar-refractivity contribution is -0.141. The topological polar surface area (TPSA) is 49.3 Å². The van der Waals surface area contributed by atoms with Gasteiger partial charge in [-0.2, -0.15) is 0 Å². The van der Waals surface area contributed by atoms with E-state index in [-0.39, 0.29) is 5.92 Å². The maximum Gasteiger partial charge on any atom is 0.306 e. The molecular weight excluding hydrogens is 214 g/mol. The van der Waals surface area contributed by atoms with Crippen LogP contribution in [0.1, 0.15) is 30.9 Å². The van der Waals surface area contributed by atoms with Gasteiger partial charge in [0, 0.05) is 12.2 Å². The first-order valence-electron chi connectivity index (χ1n) is 6.29. The van der Waals surface area contributed by atoms with Crippen LogP contribution in [0, 0.1) is 5.92 Å². The Morgan fingerprint density at radius 2 is 2.35 bits per heavy atom. The first-order chi connectivity index (χ1) is 8.20.